The molecule has 0 saturated heterocycles. The van der Waals surface area contributed by atoms with Crippen LogP contribution in [0.2, 0.25) is 0 Å². The molecule has 2 heteroatoms. The molecule has 0 heterocycles. The van der Waals surface area contributed by atoms with Crippen molar-refractivity contribution in [3.63, 3.8) is 0 Å². The molecule has 0 aromatic heterocycles. The van der Waals surface area contributed by atoms with E-state index in [1.165, 1.54) is 211 Å². The third-order valence-corrected chi connectivity index (χ3v) is 17.3. The molecule has 0 spiro atoms. The molecule has 0 aliphatic heterocycles. The maximum atomic E-state index is 4.57. The molecule has 0 bridgehead atoms. The molecule has 0 fully saturated rings. The normalized spacial score (nSPS) is 13.1. The summed E-state index contributed by atoms with van der Waals surface area (Å²) in [6.07, 6.45) is 48.3. The van der Waals surface area contributed by atoms with Gasteiger partial charge in [0.1, 0.15) is 0 Å². The van der Waals surface area contributed by atoms with Crippen LogP contribution in [0.3, 0.4) is 0 Å². The van der Waals surface area contributed by atoms with Gasteiger partial charge in [-0.25, -0.2) is 0 Å². The van der Waals surface area contributed by atoms with Crippen molar-refractivity contribution in [3.8, 4) is 0 Å². The van der Waals surface area contributed by atoms with Gasteiger partial charge in [0, 0.05) is 0 Å². The van der Waals surface area contributed by atoms with Crippen molar-refractivity contribution in [2.75, 3.05) is 25.2 Å². The third kappa shape index (κ3) is 28.8. The van der Waals surface area contributed by atoms with Gasteiger partial charge in [-0.1, -0.05) is 0 Å². The Bertz CT molecular complexity index is 407. The maximum absolute atomic E-state index is 4.57. The van der Waals surface area contributed by atoms with Crippen LogP contribution in [0.5, 0.6) is 0 Å². The summed E-state index contributed by atoms with van der Waals surface area (Å²) < 4.78 is 0. The van der Waals surface area contributed by atoms with E-state index in [0.29, 0.717) is 0 Å². The molecule has 0 saturated carbocycles. The zero-order valence-electron chi connectivity index (χ0n) is 28.2. The first-order chi connectivity index (χ1) is 19.0. The molecule has 0 radical (unpaired) electrons. The molecule has 0 amide bonds. The van der Waals surface area contributed by atoms with E-state index < -0.39 is 5.31 Å². The molecular formula is C37H78BrP. The zero-order valence-corrected chi connectivity index (χ0v) is 30.6. The number of hydrogen-bond donors (Lipinski definition) is 0. The number of rotatable bonds is 33. The second kappa shape index (κ2) is 29.0. The van der Waals surface area contributed by atoms with Gasteiger partial charge in [0.05, 0.1) is 0 Å². The van der Waals surface area contributed by atoms with Crippen LogP contribution >= 0.6 is 20.8 Å². The molecule has 0 rings (SSSR count). The predicted octanol–water partition coefficient (Wildman–Crippen LogP) is 15.2. The first-order valence-corrected chi connectivity index (χ1v) is 23.9. The van der Waals surface area contributed by atoms with Crippen LogP contribution in [0, 0.1) is 0 Å². The molecule has 0 nitrogen and oxygen atoms in total. The van der Waals surface area contributed by atoms with E-state index in [4.69, 9.17) is 0 Å². The van der Waals surface area contributed by atoms with Gasteiger partial charge in [-0.3, -0.25) is 0 Å². The van der Waals surface area contributed by atoms with Crippen LogP contribution in [0.25, 0.3) is 0 Å². The van der Waals surface area contributed by atoms with Gasteiger partial charge in [0.15, 0.2) is 0 Å². The fourth-order valence-electron chi connectivity index (χ4n) is 6.46. The van der Waals surface area contributed by atoms with Crippen molar-refractivity contribution >= 4 is 20.8 Å². The van der Waals surface area contributed by atoms with Crippen LogP contribution in [0.1, 0.15) is 213 Å². The summed E-state index contributed by atoms with van der Waals surface area (Å²) in [4.78, 5) is 0. The van der Waals surface area contributed by atoms with Crippen molar-refractivity contribution in [2.24, 2.45) is 0 Å². The Morgan fingerprint density at radius 2 is 0.436 bits per heavy atom. The van der Waals surface area contributed by atoms with E-state index in [1.54, 1.807) is 0 Å². The molecule has 238 valence electrons. The summed E-state index contributed by atoms with van der Waals surface area (Å²) in [5.41, 5.74) is 0. The molecule has 0 aromatic carbocycles. The Kier molecular flexibility index (Phi) is 29.7. The molecule has 0 aliphatic rings. The van der Waals surface area contributed by atoms with Crippen molar-refractivity contribution in [3.05, 3.63) is 0 Å². The Morgan fingerprint density at radius 3 is 0.615 bits per heavy atom. The Hall–Kier alpha value is 0.910. The molecule has 0 atom stereocenters. The van der Waals surface area contributed by atoms with Crippen molar-refractivity contribution in [1.29, 1.82) is 0 Å². The van der Waals surface area contributed by atoms with E-state index in [9.17, 15) is 0 Å². The topological polar surface area (TPSA) is 0 Å². The van der Waals surface area contributed by atoms with E-state index in [2.05, 4.69) is 42.9 Å². The molecule has 0 unspecified atom stereocenters. The van der Waals surface area contributed by atoms with Crippen LogP contribution in [-0.4, -0.2) is 25.2 Å². The van der Waals surface area contributed by atoms with Gasteiger partial charge in [0.25, 0.3) is 0 Å². The number of hydrogen-bond acceptors (Lipinski definition) is 0. The first-order valence-electron chi connectivity index (χ1n) is 18.7. The number of halogens is 1. The second-order valence-electron chi connectivity index (χ2n) is 13.9. The molecule has 0 aromatic rings. The Balaban J connectivity index is 4.25. The number of unbranched alkanes of at least 4 members (excludes halogenated alkanes) is 27. The van der Waals surface area contributed by atoms with Crippen LogP contribution in [0.4, 0.5) is 0 Å². The SMILES string of the molecule is CCCCCCCCCCCCP(C)(Br)(CCCCCCCCCCCC)CCCCCCCCCCCC. The minimum absolute atomic E-state index is 1.37. The van der Waals surface area contributed by atoms with E-state index in [0.717, 1.165) is 0 Å². The van der Waals surface area contributed by atoms with Crippen molar-refractivity contribution in [1.82, 2.24) is 0 Å². The Morgan fingerprint density at radius 1 is 0.282 bits per heavy atom. The summed E-state index contributed by atoms with van der Waals surface area (Å²) in [7, 11) is 0. The van der Waals surface area contributed by atoms with Crippen molar-refractivity contribution in [2.45, 2.75) is 213 Å². The fourth-order valence-corrected chi connectivity index (χ4v) is 12.7. The van der Waals surface area contributed by atoms with Gasteiger partial charge >= 0.3 is 259 Å². The summed E-state index contributed by atoms with van der Waals surface area (Å²) in [5, 5.41) is -1.70. The van der Waals surface area contributed by atoms with Crippen LogP contribution in [-0.2, 0) is 0 Å². The zero-order chi connectivity index (χ0) is 28.8. The average molecular weight is 634 g/mol. The second-order valence-corrected chi connectivity index (χ2v) is 26.1. The summed E-state index contributed by atoms with van der Waals surface area (Å²) in [6.45, 7) is 9.70. The third-order valence-electron chi connectivity index (χ3n) is 9.41. The summed E-state index contributed by atoms with van der Waals surface area (Å²) in [6, 6.07) is 0. The molecule has 39 heavy (non-hydrogen) atoms. The van der Waals surface area contributed by atoms with Gasteiger partial charge in [0.2, 0.25) is 0 Å². The predicted molar refractivity (Wildman–Crippen MR) is 192 cm³/mol. The van der Waals surface area contributed by atoms with E-state index >= 15 is 0 Å². The standard InChI is InChI=1S/C37H78BrP/c1-5-8-11-14-17-20-23-26-29-32-35-39(4,38,36-33-30-27-24-21-18-15-12-9-6-2)37-34-31-28-25-22-19-16-13-10-7-3/h5-37H2,1-4H3. The quantitative estimate of drug-likeness (QED) is 0.0498. The van der Waals surface area contributed by atoms with Crippen molar-refractivity contribution < 1.29 is 0 Å². The minimum atomic E-state index is -1.70. The fraction of sp³-hybridized carbons (Fsp3) is 1.00. The van der Waals surface area contributed by atoms with Gasteiger partial charge in [-0.2, -0.15) is 0 Å². The average Bonchev–Trinajstić information content (AvgIpc) is 2.92. The first kappa shape index (κ1) is 39.9. The van der Waals surface area contributed by atoms with Gasteiger partial charge < -0.3 is 0 Å². The monoisotopic (exact) mass is 633 g/mol. The summed E-state index contributed by atoms with van der Waals surface area (Å²) >= 11 is 4.57. The molecule has 0 aliphatic carbocycles. The van der Waals surface area contributed by atoms with Gasteiger partial charge in [-0.05, 0) is 0 Å². The van der Waals surface area contributed by atoms with E-state index in [-0.39, 0.29) is 0 Å². The Labute approximate surface area is 258 Å². The van der Waals surface area contributed by atoms with E-state index in [1.807, 2.05) is 0 Å². The van der Waals surface area contributed by atoms with Gasteiger partial charge in [-0.15, -0.1) is 0 Å². The molecular weight excluding hydrogens is 555 g/mol. The molecule has 0 N–H and O–H groups in total. The summed E-state index contributed by atoms with van der Waals surface area (Å²) in [5.74, 6) is 0. The van der Waals surface area contributed by atoms with Crippen LogP contribution in [0.15, 0.2) is 0 Å². The van der Waals surface area contributed by atoms with Crippen LogP contribution < -0.4 is 0 Å².